The quantitative estimate of drug-likeness (QED) is 0.816. The predicted octanol–water partition coefficient (Wildman–Crippen LogP) is 3.13. The molecule has 0 heterocycles. The Bertz CT molecular complexity index is 358. The lowest BCUT2D eigenvalue weighted by Crippen LogP contribution is -3.16. The first kappa shape index (κ1) is 14.8. The summed E-state index contributed by atoms with van der Waals surface area (Å²) in [6, 6.07) is 6.31. The molecule has 0 aliphatic carbocycles. The SMILES string of the molecule is CC(C)[NH+](OCc1ccc(Cl)cc1Cl)C(C)C. The topological polar surface area (TPSA) is 13.7 Å². The van der Waals surface area contributed by atoms with E-state index in [0.29, 0.717) is 28.7 Å². The molecule has 1 rings (SSSR count). The molecule has 0 aliphatic heterocycles. The van der Waals surface area contributed by atoms with Gasteiger partial charge in [0.25, 0.3) is 0 Å². The monoisotopic (exact) mass is 276 g/mol. The minimum absolute atomic E-state index is 0.418. The van der Waals surface area contributed by atoms with E-state index < -0.39 is 0 Å². The molecular weight excluding hydrogens is 257 g/mol. The second kappa shape index (κ2) is 6.60. The minimum atomic E-state index is 0.418. The van der Waals surface area contributed by atoms with Gasteiger partial charge in [-0.1, -0.05) is 29.3 Å². The summed E-state index contributed by atoms with van der Waals surface area (Å²) < 4.78 is 0. The van der Waals surface area contributed by atoms with E-state index in [9.17, 15) is 0 Å². The van der Waals surface area contributed by atoms with Crippen LogP contribution in [0, 0.1) is 0 Å². The van der Waals surface area contributed by atoms with Crippen LogP contribution in [-0.2, 0) is 11.4 Å². The van der Waals surface area contributed by atoms with Crippen molar-refractivity contribution in [3.05, 3.63) is 33.8 Å². The van der Waals surface area contributed by atoms with Crippen LogP contribution in [0.25, 0.3) is 0 Å². The molecule has 0 atom stereocenters. The van der Waals surface area contributed by atoms with E-state index in [0.717, 1.165) is 10.6 Å². The molecule has 0 saturated heterocycles. The first-order valence-electron chi connectivity index (χ1n) is 5.85. The van der Waals surface area contributed by atoms with Crippen LogP contribution in [-0.4, -0.2) is 12.1 Å². The van der Waals surface area contributed by atoms with Crippen LogP contribution in [0.4, 0.5) is 0 Å². The van der Waals surface area contributed by atoms with Gasteiger partial charge in [0.2, 0.25) is 0 Å². The lowest BCUT2D eigenvalue weighted by molar-refractivity contribution is -1.13. The van der Waals surface area contributed by atoms with Crippen molar-refractivity contribution in [3.63, 3.8) is 0 Å². The van der Waals surface area contributed by atoms with Crippen LogP contribution in [0.5, 0.6) is 0 Å². The molecular formula is C13H20Cl2NO+. The number of quaternary nitrogens is 1. The van der Waals surface area contributed by atoms with Gasteiger partial charge in [-0.15, -0.1) is 0 Å². The predicted molar refractivity (Wildman–Crippen MR) is 72.5 cm³/mol. The number of rotatable bonds is 5. The zero-order valence-electron chi connectivity index (χ0n) is 10.8. The maximum Gasteiger partial charge on any atom is 0.133 e. The van der Waals surface area contributed by atoms with Gasteiger partial charge in [0.15, 0.2) is 0 Å². The van der Waals surface area contributed by atoms with Gasteiger partial charge < -0.3 is 0 Å². The summed E-state index contributed by atoms with van der Waals surface area (Å²) in [6.45, 7) is 9.05. The fourth-order valence-electron chi connectivity index (χ4n) is 1.80. The molecule has 17 heavy (non-hydrogen) atoms. The smallest absolute Gasteiger partial charge is 0.133 e. The standard InChI is InChI=1S/C13H19Cl2NO/c1-9(2)16(10(3)4)17-8-11-5-6-12(14)7-13(11)15/h5-7,9-10H,8H2,1-4H3/p+1. The van der Waals surface area contributed by atoms with Crippen LogP contribution >= 0.6 is 23.2 Å². The molecule has 0 bridgehead atoms. The maximum absolute atomic E-state index is 6.10. The lowest BCUT2D eigenvalue weighted by Gasteiger charge is -2.24. The molecule has 0 aromatic heterocycles. The Kier molecular flexibility index (Phi) is 5.74. The van der Waals surface area contributed by atoms with Crippen molar-refractivity contribution in [1.82, 2.24) is 0 Å². The highest BCUT2D eigenvalue weighted by Crippen LogP contribution is 2.21. The molecule has 0 radical (unpaired) electrons. The Morgan fingerprint density at radius 3 is 2.18 bits per heavy atom. The zero-order chi connectivity index (χ0) is 13.0. The molecule has 0 saturated carbocycles. The first-order valence-corrected chi connectivity index (χ1v) is 6.61. The second-order valence-corrected chi connectivity index (χ2v) is 5.58. The molecule has 0 amide bonds. The van der Waals surface area contributed by atoms with E-state index in [1.54, 1.807) is 6.07 Å². The molecule has 1 aromatic carbocycles. The zero-order valence-corrected chi connectivity index (χ0v) is 12.3. The highest BCUT2D eigenvalue weighted by atomic mass is 35.5. The van der Waals surface area contributed by atoms with E-state index in [-0.39, 0.29) is 0 Å². The van der Waals surface area contributed by atoms with Gasteiger partial charge in [-0.3, -0.25) is 0 Å². The normalized spacial score (nSPS) is 11.8. The summed E-state index contributed by atoms with van der Waals surface area (Å²) in [5, 5.41) is 2.41. The van der Waals surface area contributed by atoms with Crippen molar-refractivity contribution in [2.75, 3.05) is 0 Å². The summed E-state index contributed by atoms with van der Waals surface area (Å²) in [5.74, 6) is 0. The molecule has 1 aromatic rings. The third-order valence-corrected chi connectivity index (χ3v) is 3.13. The number of hydroxylamine groups is 2. The van der Waals surface area contributed by atoms with Crippen LogP contribution in [0.2, 0.25) is 10.0 Å². The van der Waals surface area contributed by atoms with Crippen molar-refractivity contribution in [2.24, 2.45) is 0 Å². The van der Waals surface area contributed by atoms with E-state index in [2.05, 4.69) is 27.7 Å². The van der Waals surface area contributed by atoms with Crippen molar-refractivity contribution in [2.45, 2.75) is 46.4 Å². The summed E-state index contributed by atoms with van der Waals surface area (Å²) in [6.07, 6.45) is 0. The van der Waals surface area contributed by atoms with Gasteiger partial charge in [-0.25, -0.2) is 0 Å². The van der Waals surface area contributed by atoms with Gasteiger partial charge in [-0.05, 0) is 39.8 Å². The average Bonchev–Trinajstić information content (AvgIpc) is 2.20. The Balaban J connectivity index is 2.65. The summed E-state index contributed by atoms with van der Waals surface area (Å²) in [7, 11) is 0. The van der Waals surface area contributed by atoms with Crippen molar-refractivity contribution in [1.29, 1.82) is 0 Å². The Hall–Kier alpha value is -0.280. The minimum Gasteiger partial charge on any atom is -0.199 e. The Labute approximate surface area is 113 Å². The van der Waals surface area contributed by atoms with Crippen molar-refractivity contribution < 1.29 is 9.90 Å². The number of benzene rings is 1. The van der Waals surface area contributed by atoms with Gasteiger partial charge in [-0.2, -0.15) is 9.90 Å². The van der Waals surface area contributed by atoms with E-state index in [1.165, 1.54) is 0 Å². The average molecular weight is 277 g/mol. The molecule has 96 valence electrons. The third kappa shape index (κ3) is 4.47. The highest BCUT2D eigenvalue weighted by molar-refractivity contribution is 6.35. The van der Waals surface area contributed by atoms with Crippen LogP contribution in [0.3, 0.4) is 0 Å². The van der Waals surface area contributed by atoms with E-state index in [4.69, 9.17) is 28.0 Å². The largest absolute Gasteiger partial charge is 0.199 e. The van der Waals surface area contributed by atoms with E-state index in [1.807, 2.05) is 12.1 Å². The highest BCUT2D eigenvalue weighted by Gasteiger charge is 2.19. The summed E-state index contributed by atoms with van der Waals surface area (Å²) in [4.78, 5) is 5.86. The first-order chi connectivity index (χ1) is 7.91. The Morgan fingerprint density at radius 1 is 1.12 bits per heavy atom. The molecule has 1 N–H and O–H groups in total. The number of hydrogen-bond donors (Lipinski definition) is 1. The van der Waals surface area contributed by atoms with Gasteiger partial charge in [0.05, 0.1) is 0 Å². The molecule has 2 nitrogen and oxygen atoms in total. The molecule has 0 fully saturated rings. The fourth-order valence-corrected chi connectivity index (χ4v) is 2.26. The van der Waals surface area contributed by atoms with Crippen LogP contribution in [0.15, 0.2) is 18.2 Å². The van der Waals surface area contributed by atoms with Gasteiger partial charge in [0.1, 0.15) is 18.7 Å². The van der Waals surface area contributed by atoms with E-state index >= 15 is 0 Å². The summed E-state index contributed by atoms with van der Waals surface area (Å²) >= 11 is 11.9. The van der Waals surface area contributed by atoms with Gasteiger partial charge >= 0.3 is 0 Å². The Morgan fingerprint density at radius 2 is 1.71 bits per heavy atom. The van der Waals surface area contributed by atoms with Crippen molar-refractivity contribution >= 4 is 23.2 Å². The van der Waals surface area contributed by atoms with Crippen LogP contribution in [0.1, 0.15) is 33.3 Å². The second-order valence-electron chi connectivity index (χ2n) is 4.74. The number of hydrogen-bond acceptors (Lipinski definition) is 1. The van der Waals surface area contributed by atoms with Gasteiger partial charge in [0, 0.05) is 15.6 Å². The maximum atomic E-state index is 6.10. The molecule has 0 spiro atoms. The number of nitrogens with one attached hydrogen (secondary N) is 1. The molecule has 0 aliphatic rings. The summed E-state index contributed by atoms with van der Waals surface area (Å²) in [5.41, 5.74) is 0.967. The molecule has 4 heteroatoms. The third-order valence-electron chi connectivity index (χ3n) is 2.55. The lowest BCUT2D eigenvalue weighted by atomic mass is 10.2. The number of halogens is 2. The molecule has 0 unspecified atom stereocenters. The fraction of sp³-hybridized carbons (Fsp3) is 0.538. The van der Waals surface area contributed by atoms with Crippen molar-refractivity contribution in [3.8, 4) is 0 Å². The van der Waals surface area contributed by atoms with Crippen LogP contribution < -0.4 is 5.06 Å².